The molecule has 2 saturated heterocycles. The molecule has 94 valence electrons. The van der Waals surface area contributed by atoms with Crippen LogP contribution < -0.4 is 0 Å². The Kier molecular flexibility index (Phi) is 4.07. The van der Waals surface area contributed by atoms with Crippen LogP contribution in [0.4, 0.5) is 4.79 Å². The van der Waals surface area contributed by atoms with Crippen molar-refractivity contribution in [3.05, 3.63) is 0 Å². The minimum Gasteiger partial charge on any atom is -0.439 e. The van der Waals surface area contributed by atoms with Crippen LogP contribution in [0.15, 0.2) is 0 Å². The molecule has 0 atom stereocenters. The molecule has 2 rings (SSSR count). The molecule has 0 radical (unpaired) electrons. The van der Waals surface area contributed by atoms with Crippen LogP contribution in [0.1, 0.15) is 26.7 Å². The predicted molar refractivity (Wildman–Crippen MR) is 64.2 cm³/mol. The minimum atomic E-state index is -0.390. The van der Waals surface area contributed by atoms with Crippen LogP contribution in [-0.4, -0.2) is 54.3 Å². The molecule has 0 unspecified atom stereocenters. The number of hydrogen-bond acceptors (Lipinski definition) is 2. The van der Waals surface area contributed by atoms with E-state index in [1.807, 2.05) is 13.8 Å². The second-order valence-electron chi connectivity index (χ2n) is 4.95. The summed E-state index contributed by atoms with van der Waals surface area (Å²) in [5, 5.41) is 0. The number of ether oxygens (including phenoxy) is 1. The van der Waals surface area contributed by atoms with Gasteiger partial charge in [0.1, 0.15) is 5.60 Å². The Morgan fingerprint density at radius 2 is 1.81 bits per heavy atom. The highest BCUT2D eigenvalue weighted by Gasteiger charge is 2.49. The zero-order valence-electron chi connectivity index (χ0n) is 10.6. The van der Waals surface area contributed by atoms with Crippen LogP contribution in [0, 0.1) is 0 Å². The maximum atomic E-state index is 11.2. The van der Waals surface area contributed by atoms with Crippen LogP contribution in [0.25, 0.3) is 0 Å². The van der Waals surface area contributed by atoms with Gasteiger partial charge in [-0.3, -0.25) is 0 Å². The Bertz CT molecular complexity index is 259. The standard InChI is InChI=1S/C9H16ClN2O2.C2H6/c1-12(2)5-3-9(4-6-12)7-11(10)8(13)14-9;1-2/h3-7H2,1-2H3;1-2H3/q+1;. The number of piperidine rings is 1. The van der Waals surface area contributed by atoms with Crippen LogP contribution in [0.2, 0.25) is 0 Å². The van der Waals surface area contributed by atoms with Gasteiger partial charge in [-0.05, 0) is 0 Å². The van der Waals surface area contributed by atoms with Gasteiger partial charge in [-0.15, -0.1) is 0 Å². The molecule has 2 aliphatic rings. The van der Waals surface area contributed by atoms with Gasteiger partial charge in [-0.2, -0.15) is 0 Å². The quantitative estimate of drug-likeness (QED) is 0.487. The topological polar surface area (TPSA) is 29.5 Å². The number of amides is 1. The molecule has 0 aliphatic carbocycles. The van der Waals surface area contributed by atoms with Gasteiger partial charge >= 0.3 is 6.09 Å². The van der Waals surface area contributed by atoms with Crippen LogP contribution in [0.5, 0.6) is 0 Å². The Morgan fingerprint density at radius 1 is 1.31 bits per heavy atom. The van der Waals surface area contributed by atoms with E-state index in [0.29, 0.717) is 6.54 Å². The first-order chi connectivity index (χ1) is 7.43. The first-order valence-corrected chi connectivity index (χ1v) is 6.25. The minimum absolute atomic E-state index is 0.299. The number of carbonyl (C=O) groups excluding carboxylic acids is 1. The van der Waals surface area contributed by atoms with E-state index in [1.165, 1.54) is 0 Å². The van der Waals surface area contributed by atoms with E-state index in [2.05, 4.69) is 14.1 Å². The summed E-state index contributed by atoms with van der Waals surface area (Å²) in [6.07, 6.45) is 1.43. The summed E-state index contributed by atoms with van der Waals surface area (Å²) in [7, 11) is 4.39. The molecule has 0 aromatic carbocycles. The van der Waals surface area contributed by atoms with Gasteiger partial charge in [0.15, 0.2) is 0 Å². The zero-order chi connectivity index (χ0) is 12.4. The summed E-state index contributed by atoms with van der Waals surface area (Å²) in [4.78, 5) is 11.2. The number of halogens is 1. The molecular weight excluding hydrogens is 228 g/mol. The Morgan fingerprint density at radius 3 is 2.19 bits per heavy atom. The Balaban J connectivity index is 0.000000606. The highest BCUT2D eigenvalue weighted by molar-refractivity contribution is 6.20. The van der Waals surface area contributed by atoms with Crippen molar-refractivity contribution in [3.63, 3.8) is 0 Å². The summed E-state index contributed by atoms with van der Waals surface area (Å²) in [6, 6.07) is 0. The third-order valence-electron chi connectivity index (χ3n) is 3.27. The second kappa shape index (κ2) is 4.80. The summed E-state index contributed by atoms with van der Waals surface area (Å²) < 4.78 is 7.50. The monoisotopic (exact) mass is 249 g/mol. The molecule has 2 heterocycles. The lowest BCUT2D eigenvalue weighted by atomic mass is 9.91. The van der Waals surface area contributed by atoms with E-state index < -0.39 is 0 Å². The largest absolute Gasteiger partial charge is 0.439 e. The molecule has 0 N–H and O–H groups in total. The summed E-state index contributed by atoms with van der Waals surface area (Å²) in [5.41, 5.74) is -0.299. The van der Waals surface area contributed by atoms with Gasteiger partial charge in [0.25, 0.3) is 0 Å². The van der Waals surface area contributed by atoms with Crippen molar-refractivity contribution in [3.8, 4) is 0 Å². The molecule has 0 saturated carbocycles. The van der Waals surface area contributed by atoms with E-state index >= 15 is 0 Å². The normalized spacial score (nSPS) is 26.1. The first kappa shape index (κ1) is 13.6. The molecule has 0 bridgehead atoms. The van der Waals surface area contributed by atoms with Crippen molar-refractivity contribution >= 4 is 17.9 Å². The molecule has 1 amide bonds. The van der Waals surface area contributed by atoms with E-state index in [9.17, 15) is 4.79 Å². The number of carbonyl (C=O) groups is 1. The van der Waals surface area contributed by atoms with Crippen molar-refractivity contribution in [2.45, 2.75) is 32.3 Å². The SMILES string of the molecule is CC.C[N+]1(C)CCC2(CC1)CN(Cl)C(=O)O2. The summed E-state index contributed by atoms with van der Waals surface area (Å²) in [5.74, 6) is 0. The van der Waals surface area contributed by atoms with Gasteiger partial charge in [-0.1, -0.05) is 13.8 Å². The fraction of sp³-hybridized carbons (Fsp3) is 0.909. The molecule has 1 spiro atoms. The van der Waals surface area contributed by atoms with Gasteiger partial charge < -0.3 is 9.22 Å². The highest BCUT2D eigenvalue weighted by Crippen LogP contribution is 2.35. The highest BCUT2D eigenvalue weighted by atomic mass is 35.5. The van der Waals surface area contributed by atoms with Crippen molar-refractivity contribution in [2.24, 2.45) is 0 Å². The molecule has 0 aromatic rings. The molecule has 2 aliphatic heterocycles. The van der Waals surface area contributed by atoms with Crippen molar-refractivity contribution < 1.29 is 14.0 Å². The van der Waals surface area contributed by atoms with E-state index in [0.717, 1.165) is 34.8 Å². The maximum Gasteiger partial charge on any atom is 0.425 e. The van der Waals surface area contributed by atoms with Gasteiger partial charge in [0, 0.05) is 24.6 Å². The van der Waals surface area contributed by atoms with Crippen LogP contribution >= 0.6 is 11.8 Å². The van der Waals surface area contributed by atoms with Gasteiger partial charge in [0.05, 0.1) is 33.7 Å². The molecule has 5 heteroatoms. The van der Waals surface area contributed by atoms with E-state index in [4.69, 9.17) is 16.5 Å². The third kappa shape index (κ3) is 2.80. The van der Waals surface area contributed by atoms with Gasteiger partial charge in [0.2, 0.25) is 0 Å². The van der Waals surface area contributed by atoms with Crippen LogP contribution in [0.3, 0.4) is 0 Å². The number of rotatable bonds is 0. The average Bonchev–Trinajstić information content (AvgIpc) is 2.52. The van der Waals surface area contributed by atoms with Crippen LogP contribution in [-0.2, 0) is 4.74 Å². The summed E-state index contributed by atoms with van der Waals surface area (Å²) in [6.45, 7) is 6.61. The third-order valence-corrected chi connectivity index (χ3v) is 3.53. The number of likely N-dealkylation sites (tertiary alicyclic amines) is 1. The second-order valence-corrected chi connectivity index (χ2v) is 5.36. The Hall–Kier alpha value is -0.480. The lowest BCUT2D eigenvalue weighted by Gasteiger charge is -2.40. The molecule has 4 nitrogen and oxygen atoms in total. The number of hydrogen-bond donors (Lipinski definition) is 0. The molecule has 16 heavy (non-hydrogen) atoms. The molecule has 2 fully saturated rings. The fourth-order valence-corrected chi connectivity index (χ4v) is 2.35. The smallest absolute Gasteiger partial charge is 0.425 e. The Labute approximate surface area is 103 Å². The van der Waals surface area contributed by atoms with Crippen molar-refractivity contribution in [1.29, 1.82) is 0 Å². The zero-order valence-corrected chi connectivity index (χ0v) is 11.4. The summed E-state index contributed by atoms with van der Waals surface area (Å²) >= 11 is 5.71. The number of nitrogens with zero attached hydrogens (tertiary/aromatic N) is 2. The van der Waals surface area contributed by atoms with Crippen molar-refractivity contribution in [1.82, 2.24) is 4.42 Å². The predicted octanol–water partition coefficient (Wildman–Crippen LogP) is 2.23. The van der Waals surface area contributed by atoms with E-state index in [1.54, 1.807) is 0 Å². The lowest BCUT2D eigenvalue weighted by Crippen LogP contribution is -2.53. The van der Waals surface area contributed by atoms with E-state index in [-0.39, 0.29) is 11.7 Å². The maximum absolute atomic E-state index is 11.2. The fourth-order valence-electron chi connectivity index (χ4n) is 2.09. The average molecular weight is 250 g/mol. The molecular formula is C11H22ClN2O2+. The molecule has 0 aromatic heterocycles. The number of quaternary nitrogens is 1. The van der Waals surface area contributed by atoms with Crippen molar-refractivity contribution in [2.75, 3.05) is 33.7 Å². The lowest BCUT2D eigenvalue weighted by molar-refractivity contribution is -0.897. The van der Waals surface area contributed by atoms with Gasteiger partial charge in [-0.25, -0.2) is 9.21 Å². The first-order valence-electron chi connectivity index (χ1n) is 5.91.